The van der Waals surface area contributed by atoms with Gasteiger partial charge in [-0.3, -0.25) is 4.79 Å². The highest BCUT2D eigenvalue weighted by Gasteiger charge is 2.21. The third kappa shape index (κ3) is 5.45. The number of nitrogens with one attached hydrogen (secondary N) is 1. The maximum absolute atomic E-state index is 12.2. The zero-order valence-corrected chi connectivity index (χ0v) is 14.1. The molecule has 1 N–H and O–H groups in total. The number of unbranched alkanes of at least 4 members (excludes halogenated alkanes) is 1. The predicted molar refractivity (Wildman–Crippen MR) is 92.0 cm³/mol. The number of likely N-dealkylation sites (tertiary alicyclic amines) is 1. The average Bonchev–Trinajstić information content (AvgIpc) is 2.54. The molecule has 0 saturated carbocycles. The van der Waals surface area contributed by atoms with Crippen LogP contribution in [0.5, 0.6) is 0 Å². The lowest BCUT2D eigenvalue weighted by molar-refractivity contribution is -0.132. The summed E-state index contributed by atoms with van der Waals surface area (Å²) in [4.78, 5) is 14.3. The van der Waals surface area contributed by atoms with Crippen LogP contribution in [0.4, 0.5) is 0 Å². The number of rotatable bonds is 7. The number of amides is 1. The van der Waals surface area contributed by atoms with Crippen molar-refractivity contribution in [3.8, 4) is 0 Å². The van der Waals surface area contributed by atoms with E-state index in [-0.39, 0.29) is 0 Å². The van der Waals surface area contributed by atoms with Gasteiger partial charge in [-0.05, 0) is 64.1 Å². The Morgan fingerprint density at radius 2 is 1.86 bits per heavy atom. The molecule has 0 aromatic heterocycles. The normalized spacial score (nSPS) is 16.0. The standard InChI is InChI=1S/C19H30N2O/c1-16-7-9-17(10-8-16)5-3-4-6-19(22)21-13-11-18(12-14-21)15-20-2/h7-10,18,20H,3-6,11-15H2,1-2H3. The number of piperidine rings is 1. The van der Waals surface area contributed by atoms with E-state index >= 15 is 0 Å². The molecule has 0 spiro atoms. The third-order valence-corrected chi connectivity index (χ3v) is 4.69. The van der Waals surface area contributed by atoms with Gasteiger partial charge in [0, 0.05) is 19.5 Å². The number of carbonyl (C=O) groups is 1. The van der Waals surface area contributed by atoms with E-state index in [1.807, 2.05) is 7.05 Å². The molecular formula is C19H30N2O. The van der Waals surface area contributed by atoms with E-state index in [4.69, 9.17) is 0 Å². The van der Waals surface area contributed by atoms with E-state index in [9.17, 15) is 4.79 Å². The SMILES string of the molecule is CNCC1CCN(C(=O)CCCCc2ccc(C)cc2)CC1. The Kier molecular flexibility index (Phi) is 6.91. The third-order valence-electron chi connectivity index (χ3n) is 4.69. The first-order valence-electron chi connectivity index (χ1n) is 8.67. The molecule has 3 heteroatoms. The van der Waals surface area contributed by atoms with E-state index in [1.54, 1.807) is 0 Å². The molecule has 0 radical (unpaired) electrons. The summed E-state index contributed by atoms with van der Waals surface area (Å²) in [6, 6.07) is 8.72. The number of benzene rings is 1. The summed E-state index contributed by atoms with van der Waals surface area (Å²) in [7, 11) is 2.01. The Labute approximate surface area is 135 Å². The highest BCUT2D eigenvalue weighted by atomic mass is 16.2. The van der Waals surface area contributed by atoms with Crippen molar-refractivity contribution in [1.29, 1.82) is 0 Å². The molecule has 0 bridgehead atoms. The van der Waals surface area contributed by atoms with Crippen molar-refractivity contribution in [3.05, 3.63) is 35.4 Å². The molecule has 1 aromatic carbocycles. The number of aryl methyl sites for hydroxylation is 2. The number of hydrogen-bond acceptors (Lipinski definition) is 2. The summed E-state index contributed by atoms with van der Waals surface area (Å²) in [5.74, 6) is 1.10. The van der Waals surface area contributed by atoms with E-state index in [2.05, 4.69) is 41.4 Å². The minimum absolute atomic E-state index is 0.354. The summed E-state index contributed by atoms with van der Waals surface area (Å²) >= 11 is 0. The van der Waals surface area contributed by atoms with Gasteiger partial charge in [0.2, 0.25) is 5.91 Å². The van der Waals surface area contributed by atoms with Crippen molar-refractivity contribution in [2.24, 2.45) is 5.92 Å². The molecule has 1 fully saturated rings. The van der Waals surface area contributed by atoms with Gasteiger partial charge in [0.1, 0.15) is 0 Å². The minimum Gasteiger partial charge on any atom is -0.343 e. The van der Waals surface area contributed by atoms with Crippen molar-refractivity contribution in [2.45, 2.75) is 45.4 Å². The summed E-state index contributed by atoms with van der Waals surface area (Å²) in [5.41, 5.74) is 2.69. The molecule has 2 rings (SSSR count). The zero-order chi connectivity index (χ0) is 15.8. The van der Waals surface area contributed by atoms with E-state index in [0.29, 0.717) is 12.3 Å². The second kappa shape index (κ2) is 8.94. The van der Waals surface area contributed by atoms with Gasteiger partial charge in [0.25, 0.3) is 0 Å². The predicted octanol–water partition coefficient (Wildman–Crippen LogP) is 3.17. The molecule has 3 nitrogen and oxygen atoms in total. The summed E-state index contributed by atoms with van der Waals surface area (Å²) in [6.07, 6.45) is 6.19. The van der Waals surface area contributed by atoms with Crippen LogP contribution in [0.2, 0.25) is 0 Å². The average molecular weight is 302 g/mol. The van der Waals surface area contributed by atoms with Crippen molar-refractivity contribution in [2.75, 3.05) is 26.7 Å². The Morgan fingerprint density at radius 1 is 1.18 bits per heavy atom. The molecule has 1 aliphatic rings. The largest absolute Gasteiger partial charge is 0.343 e. The van der Waals surface area contributed by atoms with Crippen LogP contribution in [-0.2, 0) is 11.2 Å². The molecule has 1 aliphatic heterocycles. The van der Waals surface area contributed by atoms with Crippen molar-refractivity contribution >= 4 is 5.91 Å². The monoisotopic (exact) mass is 302 g/mol. The molecule has 1 aromatic rings. The van der Waals surface area contributed by atoms with Crippen molar-refractivity contribution in [1.82, 2.24) is 10.2 Å². The second-order valence-corrected chi connectivity index (χ2v) is 6.57. The second-order valence-electron chi connectivity index (χ2n) is 6.57. The lowest BCUT2D eigenvalue weighted by atomic mass is 9.96. The minimum atomic E-state index is 0.354. The number of hydrogen-bond donors (Lipinski definition) is 1. The van der Waals surface area contributed by atoms with E-state index < -0.39 is 0 Å². The lowest BCUT2D eigenvalue weighted by Gasteiger charge is -2.32. The van der Waals surface area contributed by atoms with Crippen LogP contribution in [-0.4, -0.2) is 37.5 Å². The molecule has 0 atom stereocenters. The van der Waals surface area contributed by atoms with Crippen LogP contribution >= 0.6 is 0 Å². The summed E-state index contributed by atoms with van der Waals surface area (Å²) in [5, 5.41) is 3.24. The molecule has 1 amide bonds. The Morgan fingerprint density at radius 3 is 2.50 bits per heavy atom. The van der Waals surface area contributed by atoms with Gasteiger partial charge in [-0.1, -0.05) is 29.8 Å². The summed E-state index contributed by atoms with van der Waals surface area (Å²) < 4.78 is 0. The van der Waals surface area contributed by atoms with Gasteiger partial charge in [0.05, 0.1) is 0 Å². The Balaban J connectivity index is 1.61. The van der Waals surface area contributed by atoms with Gasteiger partial charge < -0.3 is 10.2 Å². The first-order chi connectivity index (χ1) is 10.7. The van der Waals surface area contributed by atoms with Crippen LogP contribution < -0.4 is 5.32 Å². The first kappa shape index (κ1) is 17.0. The quantitative estimate of drug-likeness (QED) is 0.785. The van der Waals surface area contributed by atoms with Crippen LogP contribution in [0.1, 0.15) is 43.2 Å². The number of carbonyl (C=O) groups excluding carboxylic acids is 1. The van der Waals surface area contributed by atoms with E-state index in [1.165, 1.54) is 11.1 Å². The molecule has 122 valence electrons. The Bertz CT molecular complexity index is 447. The Hall–Kier alpha value is -1.35. The van der Waals surface area contributed by atoms with Crippen molar-refractivity contribution < 1.29 is 4.79 Å². The van der Waals surface area contributed by atoms with Crippen LogP contribution in [0.3, 0.4) is 0 Å². The maximum Gasteiger partial charge on any atom is 0.222 e. The molecule has 1 heterocycles. The van der Waals surface area contributed by atoms with Gasteiger partial charge in [-0.2, -0.15) is 0 Å². The van der Waals surface area contributed by atoms with Gasteiger partial charge >= 0.3 is 0 Å². The topological polar surface area (TPSA) is 32.3 Å². The van der Waals surface area contributed by atoms with Gasteiger partial charge in [0.15, 0.2) is 0 Å². The van der Waals surface area contributed by atoms with Gasteiger partial charge in [-0.15, -0.1) is 0 Å². The smallest absolute Gasteiger partial charge is 0.222 e. The molecular weight excluding hydrogens is 272 g/mol. The molecule has 22 heavy (non-hydrogen) atoms. The van der Waals surface area contributed by atoms with Crippen molar-refractivity contribution in [3.63, 3.8) is 0 Å². The first-order valence-corrected chi connectivity index (χ1v) is 8.67. The van der Waals surface area contributed by atoms with Crippen LogP contribution in [0.25, 0.3) is 0 Å². The molecule has 0 aliphatic carbocycles. The highest BCUT2D eigenvalue weighted by Crippen LogP contribution is 2.18. The van der Waals surface area contributed by atoms with E-state index in [0.717, 1.165) is 57.7 Å². The molecule has 0 unspecified atom stereocenters. The zero-order valence-electron chi connectivity index (χ0n) is 14.1. The fraction of sp³-hybridized carbons (Fsp3) is 0.632. The van der Waals surface area contributed by atoms with Crippen LogP contribution in [0, 0.1) is 12.8 Å². The maximum atomic E-state index is 12.2. The fourth-order valence-electron chi connectivity index (χ4n) is 3.19. The van der Waals surface area contributed by atoms with Crippen LogP contribution in [0.15, 0.2) is 24.3 Å². The van der Waals surface area contributed by atoms with Gasteiger partial charge in [-0.25, -0.2) is 0 Å². The lowest BCUT2D eigenvalue weighted by Crippen LogP contribution is -2.40. The highest BCUT2D eigenvalue weighted by molar-refractivity contribution is 5.76. The fourth-order valence-corrected chi connectivity index (χ4v) is 3.19. The summed E-state index contributed by atoms with van der Waals surface area (Å²) in [6.45, 7) is 5.09. The number of nitrogens with zero attached hydrogens (tertiary/aromatic N) is 1. The molecule has 1 saturated heterocycles.